The number of esters is 1. The Morgan fingerprint density at radius 2 is 1.79 bits per heavy atom. The second kappa shape index (κ2) is 13.7. The third kappa shape index (κ3) is 7.18. The van der Waals surface area contributed by atoms with Gasteiger partial charge in [-0.2, -0.15) is 0 Å². The largest absolute Gasteiger partial charge is 0.466 e. The molecule has 5 nitrogen and oxygen atoms in total. The minimum absolute atomic E-state index is 0.371. The number of aryl methyl sites for hydroxylation is 1. The van der Waals surface area contributed by atoms with E-state index in [-0.39, 0.29) is 5.97 Å². The molecule has 1 N–H and O–H groups in total. The van der Waals surface area contributed by atoms with Crippen LogP contribution >= 0.6 is 0 Å². The number of carbonyl (C=O) groups excluding carboxylic acids is 1. The van der Waals surface area contributed by atoms with E-state index in [1.807, 2.05) is 30.3 Å². The van der Waals surface area contributed by atoms with Gasteiger partial charge in [0, 0.05) is 22.9 Å². The lowest BCUT2D eigenvalue weighted by molar-refractivity contribution is -0.134. The first kappa shape index (κ1) is 27.3. The summed E-state index contributed by atoms with van der Waals surface area (Å²) in [6.45, 7) is 4.40. The molecule has 0 amide bonds. The lowest BCUT2D eigenvalue weighted by Gasteiger charge is -2.21. The Kier molecular flexibility index (Phi) is 9.85. The van der Waals surface area contributed by atoms with Crippen molar-refractivity contribution in [3.05, 3.63) is 77.9 Å². The smallest absolute Gasteiger partial charge is 0.330 e. The summed E-state index contributed by atoms with van der Waals surface area (Å²) in [6.07, 6.45) is 17.0. The fourth-order valence-corrected chi connectivity index (χ4v) is 5.07. The van der Waals surface area contributed by atoms with Crippen molar-refractivity contribution in [2.75, 3.05) is 12.4 Å². The Bertz CT molecular complexity index is 1310. The predicted molar refractivity (Wildman–Crippen MR) is 160 cm³/mol. The van der Waals surface area contributed by atoms with E-state index in [0.29, 0.717) is 5.92 Å². The second-order valence-electron chi connectivity index (χ2n) is 9.94. The summed E-state index contributed by atoms with van der Waals surface area (Å²) in [5.74, 6) is 0.913. The van der Waals surface area contributed by atoms with Gasteiger partial charge in [0.05, 0.1) is 12.6 Å². The van der Waals surface area contributed by atoms with Crippen molar-refractivity contribution in [2.24, 2.45) is 10.9 Å². The zero-order valence-electron chi connectivity index (χ0n) is 22.9. The summed E-state index contributed by atoms with van der Waals surface area (Å²) < 4.78 is 4.68. The number of methoxy groups -OCH3 is 1. The number of hydrogen-bond acceptors (Lipinski definition) is 5. The number of ether oxygens (including phenoxy) is 1. The van der Waals surface area contributed by atoms with Crippen LogP contribution in [0.15, 0.2) is 71.8 Å². The van der Waals surface area contributed by atoms with Gasteiger partial charge < -0.3 is 10.1 Å². The highest BCUT2D eigenvalue weighted by Crippen LogP contribution is 2.36. The first-order valence-corrected chi connectivity index (χ1v) is 13.8. The number of allylic oxidation sites excluding steroid dienone is 2. The third-order valence-corrected chi connectivity index (χ3v) is 7.15. The fourth-order valence-electron chi connectivity index (χ4n) is 5.07. The van der Waals surface area contributed by atoms with E-state index in [0.717, 1.165) is 64.9 Å². The zero-order chi connectivity index (χ0) is 26.7. The number of fused-ring (bicyclic) bond motifs is 1. The summed E-state index contributed by atoms with van der Waals surface area (Å²) >= 11 is 0. The molecule has 1 aliphatic rings. The molecule has 0 saturated carbocycles. The van der Waals surface area contributed by atoms with Crippen LogP contribution in [0.25, 0.3) is 17.0 Å². The van der Waals surface area contributed by atoms with E-state index in [2.05, 4.69) is 54.3 Å². The molecule has 0 aliphatic heterocycles. The first-order valence-electron chi connectivity index (χ1n) is 13.8. The highest BCUT2D eigenvalue weighted by atomic mass is 16.5. The number of pyridine rings is 1. The maximum atomic E-state index is 11.4. The van der Waals surface area contributed by atoms with Gasteiger partial charge in [-0.05, 0) is 93.2 Å². The standard InChI is InChI=1S/C33H39N3O2/c1-4-13-29(26-14-9-7-5-6-8-10-15-26)35-32-24(2)28-16-11-12-17-30(28)36-33(32)34-27-21-18-25(19-22-27)20-23-31(37)38-3/h5-6,11-12,16-23,26H,4,7-10,13-15H2,1-3H3,(H,34,36)/b6-5-,23-20+,35-29?. The van der Waals surface area contributed by atoms with Crippen molar-refractivity contribution in [3.8, 4) is 0 Å². The highest BCUT2D eigenvalue weighted by Gasteiger charge is 2.19. The quantitative estimate of drug-likeness (QED) is 0.143. The minimum Gasteiger partial charge on any atom is -0.466 e. The Labute approximate surface area is 226 Å². The molecule has 0 atom stereocenters. The Hall–Kier alpha value is -3.73. The number of rotatable bonds is 8. The molecule has 1 aromatic heterocycles. The van der Waals surface area contributed by atoms with Crippen molar-refractivity contribution >= 4 is 45.9 Å². The van der Waals surface area contributed by atoms with Crippen LogP contribution in [0.3, 0.4) is 0 Å². The molecule has 0 fully saturated rings. The molecule has 198 valence electrons. The summed E-state index contributed by atoms with van der Waals surface area (Å²) in [5, 5.41) is 4.68. The minimum atomic E-state index is -0.371. The van der Waals surface area contributed by atoms with Crippen LogP contribution in [0.5, 0.6) is 0 Å². The molecule has 38 heavy (non-hydrogen) atoms. The van der Waals surface area contributed by atoms with Crippen LogP contribution in [-0.2, 0) is 9.53 Å². The highest BCUT2D eigenvalue weighted by molar-refractivity contribution is 5.96. The van der Waals surface area contributed by atoms with E-state index >= 15 is 0 Å². The van der Waals surface area contributed by atoms with Gasteiger partial charge >= 0.3 is 5.97 Å². The SMILES string of the molecule is CCCC(=Nc1c(Nc2ccc(/C=C/C(=O)OC)cc2)nc2ccccc2c1C)C1CCC/C=C\CCC1. The molecule has 0 bridgehead atoms. The van der Waals surface area contributed by atoms with Crippen molar-refractivity contribution < 1.29 is 9.53 Å². The summed E-state index contributed by atoms with van der Waals surface area (Å²) in [6, 6.07) is 16.2. The van der Waals surface area contributed by atoms with Gasteiger partial charge in [-0.25, -0.2) is 9.78 Å². The van der Waals surface area contributed by atoms with Gasteiger partial charge in [-0.3, -0.25) is 4.99 Å². The van der Waals surface area contributed by atoms with Crippen LogP contribution in [-0.4, -0.2) is 23.8 Å². The lowest BCUT2D eigenvalue weighted by Crippen LogP contribution is -2.15. The predicted octanol–water partition coefficient (Wildman–Crippen LogP) is 8.87. The maximum absolute atomic E-state index is 11.4. The lowest BCUT2D eigenvalue weighted by atomic mass is 9.89. The average Bonchev–Trinajstić information content (AvgIpc) is 3.08. The Morgan fingerprint density at radius 3 is 2.47 bits per heavy atom. The molecule has 4 rings (SSSR count). The van der Waals surface area contributed by atoms with Gasteiger partial charge in [0.25, 0.3) is 0 Å². The number of nitrogens with one attached hydrogen (secondary N) is 1. The molecular formula is C33H39N3O2. The van der Waals surface area contributed by atoms with Crippen LogP contribution < -0.4 is 5.32 Å². The number of aromatic nitrogens is 1. The molecule has 0 spiro atoms. The monoisotopic (exact) mass is 509 g/mol. The molecule has 1 heterocycles. The van der Waals surface area contributed by atoms with E-state index < -0.39 is 0 Å². The molecule has 0 saturated heterocycles. The van der Waals surface area contributed by atoms with Crippen molar-refractivity contribution in [1.29, 1.82) is 0 Å². The summed E-state index contributed by atoms with van der Waals surface area (Å²) in [5.41, 5.74) is 6.18. The fraction of sp³-hybridized carbons (Fsp3) is 0.364. The van der Waals surface area contributed by atoms with Crippen molar-refractivity contribution in [2.45, 2.75) is 65.2 Å². The molecule has 5 heteroatoms. The molecular weight excluding hydrogens is 470 g/mol. The van der Waals surface area contributed by atoms with E-state index in [9.17, 15) is 4.79 Å². The number of nitrogens with zero attached hydrogens (tertiary/aromatic N) is 2. The van der Waals surface area contributed by atoms with Crippen LogP contribution in [0.4, 0.5) is 17.2 Å². The third-order valence-electron chi connectivity index (χ3n) is 7.15. The van der Waals surface area contributed by atoms with Crippen molar-refractivity contribution in [1.82, 2.24) is 4.98 Å². The number of anilines is 2. The number of carbonyl (C=O) groups is 1. The number of aliphatic imine (C=N–C) groups is 1. The number of hydrogen-bond donors (Lipinski definition) is 1. The van der Waals surface area contributed by atoms with Gasteiger partial charge in [0.15, 0.2) is 5.82 Å². The normalized spacial score (nSPS) is 16.1. The zero-order valence-corrected chi connectivity index (χ0v) is 22.9. The molecule has 3 aromatic rings. The van der Waals surface area contributed by atoms with Crippen LogP contribution in [0.2, 0.25) is 0 Å². The summed E-state index contributed by atoms with van der Waals surface area (Å²) in [7, 11) is 1.38. The van der Waals surface area contributed by atoms with Gasteiger partial charge in [-0.1, -0.05) is 55.8 Å². The Morgan fingerprint density at radius 1 is 1.08 bits per heavy atom. The van der Waals surface area contributed by atoms with Gasteiger partial charge in [0.2, 0.25) is 0 Å². The maximum Gasteiger partial charge on any atom is 0.330 e. The van der Waals surface area contributed by atoms with Gasteiger partial charge in [0.1, 0.15) is 5.69 Å². The molecule has 0 unspecified atom stereocenters. The molecule has 2 aromatic carbocycles. The average molecular weight is 510 g/mol. The van der Waals surface area contributed by atoms with Crippen LogP contribution in [0, 0.1) is 12.8 Å². The van der Waals surface area contributed by atoms with E-state index in [4.69, 9.17) is 9.98 Å². The van der Waals surface area contributed by atoms with Crippen molar-refractivity contribution in [3.63, 3.8) is 0 Å². The molecule has 1 aliphatic carbocycles. The Balaban J connectivity index is 1.71. The van der Waals surface area contributed by atoms with Crippen LogP contribution in [0.1, 0.15) is 69.4 Å². The second-order valence-corrected chi connectivity index (χ2v) is 9.94. The topological polar surface area (TPSA) is 63.6 Å². The number of benzene rings is 2. The van der Waals surface area contributed by atoms with E-state index in [1.54, 1.807) is 6.08 Å². The first-order chi connectivity index (χ1) is 18.6. The summed E-state index contributed by atoms with van der Waals surface area (Å²) in [4.78, 5) is 21.9. The number of para-hydroxylation sites is 1. The van der Waals surface area contributed by atoms with Gasteiger partial charge in [-0.15, -0.1) is 0 Å². The van der Waals surface area contributed by atoms with E-state index in [1.165, 1.54) is 44.6 Å². The molecule has 0 radical (unpaired) electrons.